The van der Waals surface area contributed by atoms with E-state index in [4.69, 9.17) is 15.6 Å². The van der Waals surface area contributed by atoms with Crippen LogP contribution in [-0.2, 0) is 13.2 Å². The predicted molar refractivity (Wildman–Crippen MR) is 70.0 cm³/mol. The molecule has 0 amide bonds. The molecule has 0 atom stereocenters. The molecule has 0 spiro atoms. The summed E-state index contributed by atoms with van der Waals surface area (Å²) in [5.74, 6) is -0.599. The Morgan fingerprint density at radius 1 is 1.53 bits per heavy atom. The van der Waals surface area contributed by atoms with E-state index in [9.17, 15) is 4.79 Å². The van der Waals surface area contributed by atoms with Crippen molar-refractivity contribution in [1.82, 2.24) is 9.78 Å². The first kappa shape index (κ1) is 12.9. The Bertz CT molecular complexity index is 593. The Morgan fingerprint density at radius 2 is 2.32 bits per heavy atom. The first-order chi connectivity index (χ1) is 9.10. The fourth-order valence-corrected chi connectivity index (χ4v) is 1.63. The average Bonchev–Trinajstić information content (AvgIpc) is 2.85. The molecule has 0 radical (unpaired) electrons. The van der Waals surface area contributed by atoms with Crippen LogP contribution in [0.15, 0.2) is 30.6 Å². The van der Waals surface area contributed by atoms with Gasteiger partial charge in [0.1, 0.15) is 12.4 Å². The summed E-state index contributed by atoms with van der Waals surface area (Å²) < 4.78 is 7.32. The van der Waals surface area contributed by atoms with Gasteiger partial charge in [-0.1, -0.05) is 0 Å². The van der Waals surface area contributed by atoms with Crippen molar-refractivity contribution in [2.75, 3.05) is 5.73 Å². The van der Waals surface area contributed by atoms with Gasteiger partial charge in [0, 0.05) is 24.0 Å². The van der Waals surface area contributed by atoms with E-state index >= 15 is 0 Å². The van der Waals surface area contributed by atoms with Crippen molar-refractivity contribution in [2.45, 2.75) is 20.1 Å². The minimum atomic E-state index is -1.07. The number of ether oxygens (including phenoxy) is 1. The molecule has 1 aromatic carbocycles. The van der Waals surface area contributed by atoms with Crippen molar-refractivity contribution in [3.8, 4) is 5.75 Å². The van der Waals surface area contributed by atoms with Crippen molar-refractivity contribution in [3.63, 3.8) is 0 Å². The molecule has 0 unspecified atom stereocenters. The number of aryl methyl sites for hydroxylation is 1. The Labute approximate surface area is 110 Å². The van der Waals surface area contributed by atoms with E-state index in [1.807, 2.05) is 13.1 Å². The van der Waals surface area contributed by atoms with E-state index in [1.165, 1.54) is 12.1 Å². The van der Waals surface area contributed by atoms with Gasteiger partial charge in [-0.3, -0.25) is 4.68 Å². The van der Waals surface area contributed by atoms with Crippen LogP contribution in [0.25, 0.3) is 0 Å². The molecule has 1 heterocycles. The van der Waals surface area contributed by atoms with Crippen LogP contribution in [0, 0.1) is 0 Å². The van der Waals surface area contributed by atoms with E-state index in [0.29, 0.717) is 12.4 Å². The zero-order chi connectivity index (χ0) is 13.8. The van der Waals surface area contributed by atoms with Gasteiger partial charge in [0.05, 0.1) is 11.8 Å². The maximum absolute atomic E-state index is 10.9. The fraction of sp³-hybridized carbons (Fsp3) is 0.231. The lowest BCUT2D eigenvalue weighted by Gasteiger charge is -2.07. The number of benzene rings is 1. The number of anilines is 1. The SMILES string of the molecule is CCn1cc(COc2ccc(N)c(C(=O)O)c2)cn1. The van der Waals surface area contributed by atoms with Gasteiger partial charge in [-0.05, 0) is 25.1 Å². The van der Waals surface area contributed by atoms with E-state index in [0.717, 1.165) is 12.1 Å². The van der Waals surface area contributed by atoms with Gasteiger partial charge in [-0.15, -0.1) is 0 Å². The highest BCUT2D eigenvalue weighted by atomic mass is 16.5. The lowest BCUT2D eigenvalue weighted by molar-refractivity contribution is 0.0697. The molecule has 0 fully saturated rings. The summed E-state index contributed by atoms with van der Waals surface area (Å²) >= 11 is 0. The number of aromatic carboxylic acids is 1. The zero-order valence-electron chi connectivity index (χ0n) is 10.5. The Morgan fingerprint density at radius 3 is 2.95 bits per heavy atom. The maximum Gasteiger partial charge on any atom is 0.337 e. The second-order valence-electron chi connectivity index (χ2n) is 4.05. The second-order valence-corrected chi connectivity index (χ2v) is 4.05. The quantitative estimate of drug-likeness (QED) is 0.800. The van der Waals surface area contributed by atoms with Crippen LogP contribution in [0.2, 0.25) is 0 Å². The largest absolute Gasteiger partial charge is 0.489 e. The summed E-state index contributed by atoms with van der Waals surface area (Å²) in [6.07, 6.45) is 3.61. The highest BCUT2D eigenvalue weighted by Gasteiger charge is 2.09. The summed E-state index contributed by atoms with van der Waals surface area (Å²) in [5.41, 5.74) is 6.76. The highest BCUT2D eigenvalue weighted by Crippen LogP contribution is 2.20. The first-order valence-corrected chi connectivity index (χ1v) is 5.87. The van der Waals surface area contributed by atoms with Crippen LogP contribution in [-0.4, -0.2) is 20.9 Å². The molecule has 2 rings (SSSR count). The average molecular weight is 261 g/mol. The van der Waals surface area contributed by atoms with Crippen molar-refractivity contribution >= 4 is 11.7 Å². The number of aromatic nitrogens is 2. The number of nitrogen functional groups attached to an aromatic ring is 1. The zero-order valence-corrected chi connectivity index (χ0v) is 10.5. The molecule has 100 valence electrons. The number of nitrogens with two attached hydrogens (primary N) is 1. The third-order valence-corrected chi connectivity index (χ3v) is 2.67. The summed E-state index contributed by atoms with van der Waals surface area (Å²) in [4.78, 5) is 10.9. The highest BCUT2D eigenvalue weighted by molar-refractivity contribution is 5.94. The Balaban J connectivity index is 2.07. The number of carbonyl (C=O) groups is 1. The number of nitrogens with zero attached hydrogens (tertiary/aromatic N) is 2. The van der Waals surface area contributed by atoms with E-state index in [-0.39, 0.29) is 11.3 Å². The summed E-state index contributed by atoms with van der Waals surface area (Å²) in [5, 5.41) is 13.1. The predicted octanol–water partition coefficient (Wildman–Crippen LogP) is 1.76. The monoisotopic (exact) mass is 261 g/mol. The van der Waals surface area contributed by atoms with Crippen molar-refractivity contribution < 1.29 is 14.6 Å². The van der Waals surface area contributed by atoms with Crippen LogP contribution in [0.4, 0.5) is 5.69 Å². The lowest BCUT2D eigenvalue weighted by Crippen LogP contribution is -2.03. The van der Waals surface area contributed by atoms with E-state index in [2.05, 4.69) is 5.10 Å². The topological polar surface area (TPSA) is 90.4 Å². The van der Waals surface area contributed by atoms with Gasteiger partial charge >= 0.3 is 5.97 Å². The third kappa shape index (κ3) is 3.04. The molecule has 0 saturated carbocycles. The lowest BCUT2D eigenvalue weighted by atomic mass is 10.2. The van der Waals surface area contributed by atoms with Gasteiger partial charge in [0.2, 0.25) is 0 Å². The number of hydrogen-bond donors (Lipinski definition) is 2. The van der Waals surface area contributed by atoms with Gasteiger partial charge in [-0.2, -0.15) is 5.10 Å². The molecular formula is C13H15N3O3. The maximum atomic E-state index is 10.9. The number of carboxylic acids is 1. The Kier molecular flexibility index (Phi) is 3.70. The molecule has 19 heavy (non-hydrogen) atoms. The van der Waals surface area contributed by atoms with Crippen molar-refractivity contribution in [3.05, 3.63) is 41.7 Å². The molecule has 1 aromatic heterocycles. The second kappa shape index (κ2) is 5.43. The number of carboxylic acid groups (broad SMARTS) is 1. The first-order valence-electron chi connectivity index (χ1n) is 5.87. The van der Waals surface area contributed by atoms with E-state index in [1.54, 1.807) is 16.9 Å². The molecule has 0 bridgehead atoms. The summed E-state index contributed by atoms with van der Waals surface area (Å²) in [6, 6.07) is 4.59. The fourth-order valence-electron chi connectivity index (χ4n) is 1.63. The molecule has 0 aliphatic carbocycles. The molecule has 0 aliphatic rings. The minimum absolute atomic E-state index is 0.0433. The molecule has 0 aliphatic heterocycles. The molecular weight excluding hydrogens is 246 g/mol. The van der Waals surface area contributed by atoms with Crippen molar-refractivity contribution in [2.24, 2.45) is 0 Å². The smallest absolute Gasteiger partial charge is 0.337 e. The molecule has 3 N–H and O–H groups in total. The summed E-state index contributed by atoms with van der Waals surface area (Å²) in [7, 11) is 0. The van der Waals surface area contributed by atoms with Gasteiger partial charge < -0.3 is 15.6 Å². The van der Waals surface area contributed by atoms with Gasteiger partial charge in [-0.25, -0.2) is 4.79 Å². The molecule has 6 nitrogen and oxygen atoms in total. The summed E-state index contributed by atoms with van der Waals surface area (Å²) in [6.45, 7) is 3.13. The van der Waals surface area contributed by atoms with E-state index < -0.39 is 5.97 Å². The van der Waals surface area contributed by atoms with Crippen LogP contribution in [0.3, 0.4) is 0 Å². The number of rotatable bonds is 5. The van der Waals surface area contributed by atoms with Crippen LogP contribution in [0.5, 0.6) is 5.75 Å². The van der Waals surface area contributed by atoms with Gasteiger partial charge in [0.25, 0.3) is 0 Å². The third-order valence-electron chi connectivity index (χ3n) is 2.67. The minimum Gasteiger partial charge on any atom is -0.489 e. The van der Waals surface area contributed by atoms with Crippen LogP contribution in [0.1, 0.15) is 22.8 Å². The normalized spacial score (nSPS) is 10.4. The standard InChI is InChI=1S/C13H15N3O3/c1-2-16-7-9(6-15-16)8-19-10-3-4-12(14)11(5-10)13(17)18/h3-7H,2,8,14H2,1H3,(H,17,18). The molecule has 0 saturated heterocycles. The molecule has 2 aromatic rings. The molecule has 6 heteroatoms. The van der Waals surface area contributed by atoms with Crippen LogP contribution >= 0.6 is 0 Å². The number of hydrogen-bond acceptors (Lipinski definition) is 4. The van der Waals surface area contributed by atoms with Crippen LogP contribution < -0.4 is 10.5 Å². The Hall–Kier alpha value is -2.50. The van der Waals surface area contributed by atoms with Gasteiger partial charge in [0.15, 0.2) is 0 Å². The van der Waals surface area contributed by atoms with Crippen molar-refractivity contribution in [1.29, 1.82) is 0 Å².